The molecule has 4 aliphatic rings. The molecule has 64 heavy (non-hydrogen) atoms. The van der Waals surface area contributed by atoms with Crippen LogP contribution in [0, 0.1) is 23.7 Å². The van der Waals surface area contributed by atoms with Crippen molar-refractivity contribution in [1.82, 2.24) is 4.90 Å². The van der Waals surface area contributed by atoms with E-state index in [1.54, 1.807) is 59.7 Å². The molecule has 0 bridgehead atoms. The summed E-state index contributed by atoms with van der Waals surface area (Å²) in [4.78, 5) is 41.5. The fourth-order valence-electron chi connectivity index (χ4n) is 9.51. The van der Waals surface area contributed by atoms with Crippen LogP contribution in [0.25, 0.3) is 0 Å². The molecule has 0 radical (unpaired) electrons. The Morgan fingerprint density at radius 1 is 0.859 bits per heavy atom. The lowest BCUT2D eigenvalue weighted by molar-refractivity contribution is -0.341. The highest BCUT2D eigenvalue weighted by atomic mass is 16.7. The smallest absolute Gasteiger partial charge is 0.308 e. The van der Waals surface area contributed by atoms with Gasteiger partial charge in [0.25, 0.3) is 0 Å². The molecule has 0 spiro atoms. The van der Waals surface area contributed by atoms with Gasteiger partial charge >= 0.3 is 5.97 Å². The Kier molecular flexibility index (Phi) is 20.5. The zero-order valence-corrected chi connectivity index (χ0v) is 39.7. The van der Waals surface area contributed by atoms with Crippen molar-refractivity contribution in [2.24, 2.45) is 23.7 Å². The number of aldehydes is 1. The fourth-order valence-corrected chi connectivity index (χ4v) is 9.51. The van der Waals surface area contributed by atoms with Crippen molar-refractivity contribution >= 4 is 18.0 Å². The number of cyclic esters (lactones) is 1. The van der Waals surface area contributed by atoms with E-state index >= 15 is 0 Å². The number of carbonyl (C=O) groups excluding carboxylic acids is 3. The number of ketones is 1. The molecule has 0 aromatic carbocycles. The molecule has 0 aromatic rings. The van der Waals surface area contributed by atoms with Crippen LogP contribution >= 0.6 is 0 Å². The summed E-state index contributed by atoms with van der Waals surface area (Å²) < 4.78 is 54.7. The van der Waals surface area contributed by atoms with Crippen molar-refractivity contribution in [3.05, 3.63) is 23.8 Å². The fraction of sp³-hybridized carbons (Fsp3) is 0.848. The number of methoxy groups -OCH3 is 2. The van der Waals surface area contributed by atoms with Gasteiger partial charge in [0, 0.05) is 44.8 Å². The standard InChI is InChI=1S/C46H77NO17/c1-13-33-30(22-58-45-42(57-12)41(56-11)37(52)26(5)60-45)18-23(2)14-15-31(49)24(3)19-29(16-17-48)39(25(4)32(50)20-34(51)62-33)64-44-38(53)36(47(9)10)40(27(6)61-44)63-35-21-46(8,55)43(54)28(7)59-35/h14-15,17-18,24-30,32-33,35-45,50,52-55H,13,16,19-22H2,1-12H3/b15-14+,23-18-/t24-,25+,26-,27-,28+,29+,30?,32-,33-,35+,36-,37-,38-,39?,40-,41-,42-,43+,44+,45-,46-/m1/s1. The van der Waals surface area contributed by atoms with Gasteiger partial charge in [0.2, 0.25) is 0 Å². The summed E-state index contributed by atoms with van der Waals surface area (Å²) in [5, 5.41) is 55.8. The van der Waals surface area contributed by atoms with Crippen LogP contribution in [-0.4, -0.2) is 187 Å². The van der Waals surface area contributed by atoms with E-state index in [0.29, 0.717) is 12.0 Å². The van der Waals surface area contributed by atoms with Crippen LogP contribution in [0.4, 0.5) is 0 Å². The minimum Gasteiger partial charge on any atom is -0.462 e. The second-order valence-corrected chi connectivity index (χ2v) is 18.7. The highest BCUT2D eigenvalue weighted by Gasteiger charge is 2.52. The van der Waals surface area contributed by atoms with Crippen LogP contribution < -0.4 is 0 Å². The molecule has 0 aromatic heterocycles. The van der Waals surface area contributed by atoms with Gasteiger partial charge in [0.05, 0.1) is 55.2 Å². The molecule has 368 valence electrons. The molecule has 3 fully saturated rings. The summed E-state index contributed by atoms with van der Waals surface area (Å²) in [7, 11) is 6.43. The quantitative estimate of drug-likeness (QED) is 0.131. The van der Waals surface area contributed by atoms with Gasteiger partial charge in [-0.05, 0) is 73.5 Å². The van der Waals surface area contributed by atoms with Crippen LogP contribution in [0.2, 0.25) is 0 Å². The predicted molar refractivity (Wildman–Crippen MR) is 230 cm³/mol. The molecular formula is C46H77NO17. The van der Waals surface area contributed by atoms with E-state index < -0.39 is 140 Å². The van der Waals surface area contributed by atoms with Crippen LogP contribution in [0.15, 0.2) is 23.8 Å². The van der Waals surface area contributed by atoms with Crippen LogP contribution in [0.3, 0.4) is 0 Å². The minimum atomic E-state index is -1.49. The molecule has 5 N–H and O–H groups in total. The van der Waals surface area contributed by atoms with Crippen molar-refractivity contribution in [3.8, 4) is 0 Å². The van der Waals surface area contributed by atoms with Gasteiger partial charge in [0.15, 0.2) is 24.7 Å². The summed E-state index contributed by atoms with van der Waals surface area (Å²) in [6.07, 6.45) is -8.49. The highest BCUT2D eigenvalue weighted by Crippen LogP contribution is 2.37. The minimum absolute atomic E-state index is 0.00788. The van der Waals surface area contributed by atoms with E-state index in [1.165, 1.54) is 27.2 Å². The first kappa shape index (κ1) is 54.3. The van der Waals surface area contributed by atoms with Gasteiger partial charge in [-0.2, -0.15) is 0 Å². The molecule has 3 saturated heterocycles. The Balaban J connectivity index is 1.62. The van der Waals surface area contributed by atoms with Gasteiger partial charge in [0.1, 0.15) is 49.0 Å². The van der Waals surface area contributed by atoms with E-state index in [4.69, 9.17) is 42.6 Å². The molecule has 2 unspecified atom stereocenters. The van der Waals surface area contributed by atoms with E-state index in [0.717, 1.165) is 6.29 Å². The Morgan fingerprint density at radius 2 is 1.52 bits per heavy atom. The largest absolute Gasteiger partial charge is 0.462 e. The second-order valence-electron chi connectivity index (χ2n) is 18.7. The molecule has 4 aliphatic heterocycles. The van der Waals surface area contributed by atoms with E-state index in [9.17, 15) is 39.9 Å². The van der Waals surface area contributed by atoms with Crippen molar-refractivity contribution in [2.45, 2.75) is 191 Å². The number of likely N-dealkylation sites (N-methyl/N-ethyl adjacent to an activating group) is 1. The maximum atomic E-state index is 13.8. The zero-order chi connectivity index (χ0) is 47.8. The number of allylic oxidation sites excluding steroid dienone is 3. The Morgan fingerprint density at radius 3 is 2.11 bits per heavy atom. The maximum absolute atomic E-state index is 13.8. The number of hydrogen-bond donors (Lipinski definition) is 5. The zero-order valence-electron chi connectivity index (χ0n) is 39.7. The van der Waals surface area contributed by atoms with E-state index in [1.807, 2.05) is 19.9 Å². The maximum Gasteiger partial charge on any atom is 0.308 e. The normalized spacial score (nSPS) is 45.9. The second kappa shape index (κ2) is 24.1. The summed E-state index contributed by atoms with van der Waals surface area (Å²) in [6.45, 7) is 13.6. The lowest BCUT2D eigenvalue weighted by Crippen LogP contribution is -2.65. The number of carbonyl (C=O) groups is 3. The molecule has 0 amide bonds. The number of aliphatic hydroxyl groups excluding tert-OH is 4. The Hall–Kier alpha value is -2.27. The van der Waals surface area contributed by atoms with Crippen molar-refractivity contribution in [2.75, 3.05) is 34.9 Å². The third kappa shape index (κ3) is 13.5. The molecule has 0 aliphatic carbocycles. The number of rotatable bonds is 13. The number of ether oxygens (including phenoxy) is 9. The molecular weight excluding hydrogens is 838 g/mol. The topological polar surface area (TPSA) is 239 Å². The van der Waals surface area contributed by atoms with E-state index in [-0.39, 0.29) is 31.7 Å². The molecule has 4 heterocycles. The number of hydrogen-bond acceptors (Lipinski definition) is 18. The first-order chi connectivity index (χ1) is 30.1. The number of esters is 1. The van der Waals surface area contributed by atoms with Gasteiger partial charge in [-0.1, -0.05) is 38.5 Å². The van der Waals surface area contributed by atoms with Crippen LogP contribution in [0.5, 0.6) is 0 Å². The summed E-state index contributed by atoms with van der Waals surface area (Å²) in [6, 6.07) is -0.748. The SMILES string of the molecule is CC[C@H]1OC(=O)C[C@@H](O)[C@H](C)C(O[C@@H]2O[C@H](C)[C@@H](O[C@H]3C[C@@](C)(O)[C@@H](O)[C@H](C)O3)[C@H](N(C)C)[C@H]2O)[C@@H](CC=O)C[C@@H](C)C(=O)/C=C/C(C)=C\C1CO[C@@H]1O[C@H](C)[C@@H](O)[C@@H](OC)[C@H]1OC. The third-order valence-electron chi connectivity index (χ3n) is 13.4. The summed E-state index contributed by atoms with van der Waals surface area (Å²) >= 11 is 0. The summed E-state index contributed by atoms with van der Waals surface area (Å²) in [5.74, 6) is -3.59. The van der Waals surface area contributed by atoms with Crippen molar-refractivity contribution < 1.29 is 82.5 Å². The van der Waals surface area contributed by atoms with Crippen LogP contribution in [0.1, 0.15) is 87.5 Å². The number of aliphatic hydroxyl groups is 5. The van der Waals surface area contributed by atoms with Crippen molar-refractivity contribution in [3.63, 3.8) is 0 Å². The molecule has 0 saturated carbocycles. The van der Waals surface area contributed by atoms with Gasteiger partial charge in [-0.25, -0.2) is 0 Å². The Bertz CT molecular complexity index is 1560. The highest BCUT2D eigenvalue weighted by molar-refractivity contribution is 5.91. The van der Waals surface area contributed by atoms with Crippen LogP contribution in [-0.2, 0) is 57.0 Å². The molecule has 4 rings (SSSR count). The lowest BCUT2D eigenvalue weighted by Gasteiger charge is -2.50. The summed E-state index contributed by atoms with van der Waals surface area (Å²) in [5.41, 5.74) is -0.806. The van der Waals surface area contributed by atoms with Gasteiger partial charge < -0.3 is 77.9 Å². The van der Waals surface area contributed by atoms with E-state index in [2.05, 4.69) is 0 Å². The third-order valence-corrected chi connectivity index (χ3v) is 13.4. The Labute approximate surface area is 378 Å². The van der Waals surface area contributed by atoms with Gasteiger partial charge in [-0.15, -0.1) is 0 Å². The first-order valence-corrected chi connectivity index (χ1v) is 22.7. The molecule has 18 heteroatoms. The predicted octanol–water partition coefficient (Wildman–Crippen LogP) is 1.83. The molecule has 21 atom stereocenters. The average molecular weight is 916 g/mol. The van der Waals surface area contributed by atoms with Crippen molar-refractivity contribution in [1.29, 1.82) is 0 Å². The monoisotopic (exact) mass is 916 g/mol. The average Bonchev–Trinajstić information content (AvgIpc) is 3.23. The first-order valence-electron chi connectivity index (χ1n) is 22.7. The number of nitrogens with zero attached hydrogens (tertiary/aromatic N) is 1. The lowest BCUT2D eigenvalue weighted by atomic mass is 9.79. The molecule has 18 nitrogen and oxygen atoms in total. The van der Waals surface area contributed by atoms with Gasteiger partial charge in [-0.3, -0.25) is 9.59 Å².